The predicted molar refractivity (Wildman–Crippen MR) is 229 cm³/mol. The Hall–Kier alpha value is -7.23. The van der Waals surface area contributed by atoms with E-state index in [4.69, 9.17) is 18.9 Å². The minimum Gasteiger partial charge on any atom is -0.485 e. The van der Waals surface area contributed by atoms with Gasteiger partial charge < -0.3 is 28.7 Å². The zero-order valence-electron chi connectivity index (χ0n) is 30.8. The van der Waals surface area contributed by atoms with E-state index in [1.165, 1.54) is 0 Å². The molecule has 0 aromatic heterocycles. The van der Waals surface area contributed by atoms with Crippen molar-refractivity contribution in [2.24, 2.45) is 0 Å². The molecule has 0 amide bonds. The number of hydrogen-bond donors (Lipinski definition) is 0. The second-order valence-electron chi connectivity index (χ2n) is 16.4. The molecule has 7 aromatic carbocycles. The SMILES string of the molecule is C1=C=C2OC3=c4ccccc4=CC4Oc5c6c(c7c8c5N(c5ccccc5)c5cccc9c5B8c5c(cc8ccccc8c5O9)O7)N(c5ccccc5)C(C=1)C2B6C34. The fourth-order valence-electron chi connectivity index (χ4n) is 11.7. The number of para-hydroxylation sites is 2. The third-order valence-corrected chi connectivity index (χ3v) is 13.7. The highest BCUT2D eigenvalue weighted by molar-refractivity contribution is 7.01. The first-order valence-corrected chi connectivity index (χ1v) is 20.1. The molecule has 2 aliphatic carbocycles. The lowest BCUT2D eigenvalue weighted by Gasteiger charge is -2.56. The van der Waals surface area contributed by atoms with Gasteiger partial charge in [0.15, 0.2) is 5.76 Å². The minimum absolute atomic E-state index is 0.00155. The van der Waals surface area contributed by atoms with Gasteiger partial charge in [-0.25, -0.2) is 0 Å². The first kappa shape index (κ1) is 30.0. The Balaban J connectivity index is 1.14. The van der Waals surface area contributed by atoms with Crippen LogP contribution in [-0.2, 0) is 4.74 Å². The minimum atomic E-state index is -0.263. The highest BCUT2D eigenvalue weighted by Crippen LogP contribution is 2.61. The van der Waals surface area contributed by atoms with E-state index in [1.807, 2.05) is 0 Å². The van der Waals surface area contributed by atoms with Crippen LogP contribution < -0.4 is 56.3 Å². The van der Waals surface area contributed by atoms with E-state index in [9.17, 15) is 0 Å². The monoisotopic (exact) mass is 742 g/mol. The van der Waals surface area contributed by atoms with Crippen molar-refractivity contribution in [2.45, 2.75) is 23.8 Å². The second kappa shape index (κ2) is 10.4. The number of hydrogen-bond acceptors (Lipinski definition) is 6. The van der Waals surface area contributed by atoms with Gasteiger partial charge in [-0.1, -0.05) is 96.7 Å². The van der Waals surface area contributed by atoms with Gasteiger partial charge in [0.1, 0.15) is 40.6 Å². The summed E-state index contributed by atoms with van der Waals surface area (Å²) in [6.45, 7) is -0.168. The number of ether oxygens (including phenoxy) is 4. The fourth-order valence-corrected chi connectivity index (χ4v) is 11.7. The Morgan fingerprint density at radius 1 is 0.603 bits per heavy atom. The first-order chi connectivity index (χ1) is 28.8. The molecule has 0 bridgehead atoms. The molecule has 4 unspecified atom stereocenters. The molecule has 0 spiro atoms. The number of rotatable bonds is 2. The van der Waals surface area contributed by atoms with Crippen molar-refractivity contribution in [3.8, 4) is 28.7 Å². The molecule has 8 heteroatoms. The highest BCUT2D eigenvalue weighted by atomic mass is 16.5. The summed E-state index contributed by atoms with van der Waals surface area (Å²) < 4.78 is 29.3. The molecule has 4 atom stereocenters. The average molecular weight is 742 g/mol. The lowest BCUT2D eigenvalue weighted by atomic mass is 9.24. The summed E-state index contributed by atoms with van der Waals surface area (Å²) in [5.41, 5.74) is 16.6. The maximum absolute atomic E-state index is 7.67. The molecule has 1 saturated heterocycles. The Labute approximate surface area is 333 Å². The molecular weight excluding hydrogens is 714 g/mol. The van der Waals surface area contributed by atoms with E-state index >= 15 is 0 Å². The first-order valence-electron chi connectivity index (χ1n) is 20.1. The molecule has 58 heavy (non-hydrogen) atoms. The third-order valence-electron chi connectivity index (χ3n) is 13.7. The van der Waals surface area contributed by atoms with E-state index in [-0.39, 0.29) is 37.2 Å². The van der Waals surface area contributed by atoms with Crippen LogP contribution in [0.15, 0.2) is 157 Å². The molecule has 1 fully saturated rings. The van der Waals surface area contributed by atoms with Gasteiger partial charge in [0.25, 0.3) is 6.71 Å². The van der Waals surface area contributed by atoms with Gasteiger partial charge in [0.2, 0.25) is 6.71 Å². The molecule has 15 rings (SSSR count). The number of benzene rings is 7. The van der Waals surface area contributed by atoms with Crippen LogP contribution in [0.5, 0.6) is 28.7 Å². The number of anilines is 5. The Morgan fingerprint density at radius 3 is 2.29 bits per heavy atom. The summed E-state index contributed by atoms with van der Waals surface area (Å²) in [4.78, 5) is 4.88. The number of nitrogens with zero attached hydrogens (tertiary/aromatic N) is 2. The van der Waals surface area contributed by atoms with Crippen LogP contribution in [0.2, 0.25) is 11.6 Å². The summed E-state index contributed by atoms with van der Waals surface area (Å²) in [7, 11) is 0. The summed E-state index contributed by atoms with van der Waals surface area (Å²) in [5, 5.41) is 4.38. The Bertz CT molecular complexity index is 3340. The predicted octanol–water partition coefficient (Wildman–Crippen LogP) is 6.91. The van der Waals surface area contributed by atoms with Crippen molar-refractivity contribution in [3.63, 3.8) is 0 Å². The highest BCUT2D eigenvalue weighted by Gasteiger charge is 2.63. The van der Waals surface area contributed by atoms with E-state index in [0.29, 0.717) is 0 Å². The maximum Gasteiger partial charge on any atom is 0.266 e. The molecule has 268 valence electrons. The molecule has 0 saturated carbocycles. The maximum atomic E-state index is 7.67. The van der Waals surface area contributed by atoms with Crippen LogP contribution in [0.1, 0.15) is 0 Å². The van der Waals surface area contributed by atoms with Crippen LogP contribution in [0, 0.1) is 0 Å². The van der Waals surface area contributed by atoms with Gasteiger partial charge in [0, 0.05) is 50.2 Å². The van der Waals surface area contributed by atoms with Gasteiger partial charge in [-0.3, -0.25) is 0 Å². The lowest BCUT2D eigenvalue weighted by molar-refractivity contribution is 0.224. The van der Waals surface area contributed by atoms with Crippen molar-refractivity contribution in [1.29, 1.82) is 0 Å². The molecule has 6 nitrogen and oxygen atoms in total. The van der Waals surface area contributed by atoms with Crippen molar-refractivity contribution < 1.29 is 18.9 Å². The smallest absolute Gasteiger partial charge is 0.266 e. The second-order valence-corrected chi connectivity index (χ2v) is 16.4. The lowest BCUT2D eigenvalue weighted by Crippen LogP contribution is -2.67. The molecule has 0 N–H and O–H groups in total. The Kier molecular flexibility index (Phi) is 5.37. The van der Waals surface area contributed by atoms with Crippen molar-refractivity contribution >= 4 is 86.3 Å². The zero-order valence-corrected chi connectivity index (χ0v) is 30.8. The molecule has 7 aromatic rings. The van der Waals surface area contributed by atoms with Crippen LogP contribution >= 0.6 is 0 Å². The van der Waals surface area contributed by atoms with E-state index < -0.39 is 0 Å². The largest absolute Gasteiger partial charge is 0.485 e. The van der Waals surface area contributed by atoms with Gasteiger partial charge in [-0.15, -0.1) is 0 Å². The number of fused-ring (bicyclic) bond motifs is 5. The van der Waals surface area contributed by atoms with E-state index in [1.54, 1.807) is 0 Å². The van der Waals surface area contributed by atoms with Crippen molar-refractivity contribution in [2.75, 3.05) is 9.80 Å². The fraction of sp³-hybridized carbons (Fsp3) is 0.0800. The molecule has 6 heterocycles. The van der Waals surface area contributed by atoms with Gasteiger partial charge >= 0.3 is 0 Å². The van der Waals surface area contributed by atoms with Crippen LogP contribution in [0.25, 0.3) is 22.6 Å². The van der Waals surface area contributed by atoms with Gasteiger partial charge in [-0.05, 0) is 81.9 Å². The van der Waals surface area contributed by atoms with Crippen LogP contribution in [0.3, 0.4) is 0 Å². The zero-order chi connectivity index (χ0) is 37.4. The molecule has 0 radical (unpaired) electrons. The summed E-state index contributed by atoms with van der Waals surface area (Å²) in [6, 6.07) is 47.0. The molecular formula is C50H28B2N2O4. The van der Waals surface area contributed by atoms with E-state index in [0.717, 1.165) is 112 Å². The van der Waals surface area contributed by atoms with Crippen LogP contribution in [0.4, 0.5) is 28.4 Å². The van der Waals surface area contributed by atoms with Crippen LogP contribution in [-0.4, -0.2) is 25.6 Å². The average Bonchev–Trinajstić information content (AvgIpc) is 3.28. The molecule has 8 aliphatic rings. The summed E-state index contributed by atoms with van der Waals surface area (Å²) >= 11 is 0. The van der Waals surface area contributed by atoms with Gasteiger partial charge in [-0.2, -0.15) is 0 Å². The molecule has 6 aliphatic heterocycles. The standard InChI is InChI=1S/C50H28B2N2O4/c1-3-15-29(16-4-1)53-33-21-11-23-35-39(33)51-41-38(26-28-14-8-9-19-31(28)47(41)55-35)58-50-43(51)45(53)49-44-46(50)54(30-17-5-2-6-18-30)34-22-12-24-36-40(34)52(44)42-37(57-49)25-27-13-7-10-20-32(27)48(42)56-36/h1-11,13-23,25-26,34,37,40,42H. The normalized spacial score (nSPS) is 21.7. The quantitative estimate of drug-likeness (QED) is 0.142. The summed E-state index contributed by atoms with van der Waals surface area (Å²) in [6.07, 6.45) is 4.26. The topological polar surface area (TPSA) is 43.4 Å². The van der Waals surface area contributed by atoms with E-state index in [2.05, 4.69) is 167 Å². The van der Waals surface area contributed by atoms with Gasteiger partial charge in [0.05, 0.1) is 17.4 Å². The Morgan fingerprint density at radius 2 is 1.40 bits per heavy atom. The third kappa shape index (κ3) is 3.48. The summed E-state index contributed by atoms with van der Waals surface area (Å²) in [5.74, 6) is 5.98. The van der Waals surface area contributed by atoms with Crippen molar-refractivity contribution in [1.82, 2.24) is 0 Å². The van der Waals surface area contributed by atoms with Crippen molar-refractivity contribution in [3.05, 3.63) is 167 Å².